The van der Waals surface area contributed by atoms with E-state index in [0.717, 1.165) is 6.04 Å². The number of aryl methyl sites for hydroxylation is 2. The Bertz CT molecular complexity index is 465. The average molecular weight is 262 g/mol. The molecule has 1 aromatic rings. The Morgan fingerprint density at radius 2 is 2.05 bits per heavy atom. The first kappa shape index (κ1) is 13.1. The van der Waals surface area contributed by atoms with Gasteiger partial charge in [0.2, 0.25) is 0 Å². The van der Waals surface area contributed by atoms with Crippen molar-refractivity contribution in [2.24, 2.45) is 7.05 Å². The summed E-state index contributed by atoms with van der Waals surface area (Å²) in [6.07, 6.45) is 4.05. The molecule has 2 saturated heterocycles. The lowest BCUT2D eigenvalue weighted by molar-refractivity contribution is 0.291. The van der Waals surface area contributed by atoms with Crippen LogP contribution in [0.3, 0.4) is 0 Å². The third-order valence-corrected chi connectivity index (χ3v) is 5.07. The van der Waals surface area contributed by atoms with E-state index in [1.807, 2.05) is 11.7 Å². The second-order valence-corrected chi connectivity index (χ2v) is 6.24. The summed E-state index contributed by atoms with van der Waals surface area (Å²) < 4.78 is 2.00. The number of aromatic nitrogens is 2. The van der Waals surface area contributed by atoms with Crippen molar-refractivity contribution in [3.05, 3.63) is 17.0 Å². The van der Waals surface area contributed by atoms with Crippen LogP contribution in [0.5, 0.6) is 0 Å². The van der Waals surface area contributed by atoms with Crippen LogP contribution in [0.2, 0.25) is 0 Å². The summed E-state index contributed by atoms with van der Waals surface area (Å²) in [7, 11) is 2.03. The standard InChI is InChI=1S/C15H26N4/c1-10(15-11(2)17-18(4)12(15)3)16-13-7-9-19-8-5-6-14(13)19/h10,13-14,16H,5-9H2,1-4H3. The lowest BCUT2D eigenvalue weighted by Crippen LogP contribution is -2.40. The average Bonchev–Trinajstić information content (AvgIpc) is 2.99. The molecule has 0 aromatic carbocycles. The van der Waals surface area contributed by atoms with Crippen molar-refractivity contribution in [2.75, 3.05) is 13.1 Å². The monoisotopic (exact) mass is 262 g/mol. The van der Waals surface area contributed by atoms with Gasteiger partial charge in [-0.15, -0.1) is 0 Å². The van der Waals surface area contributed by atoms with E-state index in [1.165, 1.54) is 49.3 Å². The molecule has 0 amide bonds. The topological polar surface area (TPSA) is 33.1 Å². The van der Waals surface area contributed by atoms with E-state index in [2.05, 4.69) is 36.1 Å². The Hall–Kier alpha value is -0.870. The van der Waals surface area contributed by atoms with Crippen molar-refractivity contribution in [2.45, 2.75) is 58.2 Å². The Morgan fingerprint density at radius 3 is 2.74 bits per heavy atom. The first-order valence-corrected chi connectivity index (χ1v) is 7.58. The summed E-state index contributed by atoms with van der Waals surface area (Å²) >= 11 is 0. The van der Waals surface area contributed by atoms with Gasteiger partial charge in [-0.25, -0.2) is 0 Å². The summed E-state index contributed by atoms with van der Waals surface area (Å²) in [5, 5.41) is 8.41. The Morgan fingerprint density at radius 1 is 1.26 bits per heavy atom. The molecule has 19 heavy (non-hydrogen) atoms. The summed E-state index contributed by atoms with van der Waals surface area (Å²) in [5.41, 5.74) is 3.85. The highest BCUT2D eigenvalue weighted by molar-refractivity contribution is 5.27. The van der Waals surface area contributed by atoms with Crippen molar-refractivity contribution >= 4 is 0 Å². The summed E-state index contributed by atoms with van der Waals surface area (Å²) in [6, 6.07) is 1.84. The van der Waals surface area contributed by atoms with Crippen LogP contribution in [0.15, 0.2) is 0 Å². The van der Waals surface area contributed by atoms with Crippen LogP contribution in [0.1, 0.15) is 49.2 Å². The molecular formula is C15H26N4. The Kier molecular flexibility index (Phi) is 3.39. The third-order valence-electron chi connectivity index (χ3n) is 5.07. The van der Waals surface area contributed by atoms with Crippen LogP contribution in [0, 0.1) is 13.8 Å². The molecule has 0 spiro atoms. The minimum Gasteiger partial charge on any atom is -0.306 e. The predicted octanol–water partition coefficient (Wildman–Crippen LogP) is 1.92. The fourth-order valence-corrected chi connectivity index (χ4v) is 4.10. The summed E-state index contributed by atoms with van der Waals surface area (Å²) in [4.78, 5) is 2.66. The molecule has 3 rings (SSSR count). The van der Waals surface area contributed by atoms with Gasteiger partial charge in [0.1, 0.15) is 0 Å². The van der Waals surface area contributed by atoms with Crippen molar-refractivity contribution in [1.82, 2.24) is 20.0 Å². The van der Waals surface area contributed by atoms with Crippen molar-refractivity contribution in [3.8, 4) is 0 Å². The predicted molar refractivity (Wildman–Crippen MR) is 77.2 cm³/mol. The quantitative estimate of drug-likeness (QED) is 0.903. The van der Waals surface area contributed by atoms with Crippen LogP contribution in [0.4, 0.5) is 0 Å². The van der Waals surface area contributed by atoms with Crippen LogP contribution in [-0.2, 0) is 7.05 Å². The second-order valence-electron chi connectivity index (χ2n) is 6.24. The molecule has 4 heteroatoms. The fraction of sp³-hybridized carbons (Fsp3) is 0.800. The molecule has 3 unspecified atom stereocenters. The number of hydrogen-bond donors (Lipinski definition) is 1. The fourth-order valence-electron chi connectivity index (χ4n) is 4.10. The van der Waals surface area contributed by atoms with E-state index in [4.69, 9.17) is 0 Å². The zero-order valence-electron chi connectivity index (χ0n) is 12.6. The van der Waals surface area contributed by atoms with Gasteiger partial charge in [0.05, 0.1) is 5.69 Å². The molecule has 1 aromatic heterocycles. The molecule has 0 bridgehead atoms. The highest BCUT2D eigenvalue weighted by atomic mass is 15.3. The molecule has 106 valence electrons. The van der Waals surface area contributed by atoms with Gasteiger partial charge >= 0.3 is 0 Å². The van der Waals surface area contributed by atoms with Gasteiger partial charge in [-0.05, 0) is 46.6 Å². The van der Waals surface area contributed by atoms with Gasteiger partial charge in [-0.1, -0.05) is 0 Å². The minimum absolute atomic E-state index is 0.402. The molecule has 3 heterocycles. The number of rotatable bonds is 3. The van der Waals surface area contributed by atoms with E-state index < -0.39 is 0 Å². The Balaban J connectivity index is 1.73. The van der Waals surface area contributed by atoms with Gasteiger partial charge in [0, 0.05) is 43.0 Å². The molecule has 2 aliphatic rings. The molecule has 2 aliphatic heterocycles. The zero-order valence-corrected chi connectivity index (χ0v) is 12.6. The largest absolute Gasteiger partial charge is 0.306 e. The number of nitrogens with zero attached hydrogens (tertiary/aromatic N) is 3. The van der Waals surface area contributed by atoms with Gasteiger partial charge in [0.15, 0.2) is 0 Å². The summed E-state index contributed by atoms with van der Waals surface area (Å²) in [6.45, 7) is 9.16. The van der Waals surface area contributed by atoms with E-state index in [0.29, 0.717) is 12.1 Å². The molecule has 0 radical (unpaired) electrons. The van der Waals surface area contributed by atoms with Gasteiger partial charge in [-0.2, -0.15) is 5.10 Å². The molecule has 4 nitrogen and oxygen atoms in total. The van der Waals surface area contributed by atoms with Gasteiger partial charge in [-0.3, -0.25) is 9.58 Å². The molecular weight excluding hydrogens is 236 g/mol. The lowest BCUT2D eigenvalue weighted by Gasteiger charge is -2.25. The van der Waals surface area contributed by atoms with E-state index >= 15 is 0 Å². The lowest BCUT2D eigenvalue weighted by atomic mass is 10.0. The number of fused-ring (bicyclic) bond motifs is 1. The molecule has 1 N–H and O–H groups in total. The smallest absolute Gasteiger partial charge is 0.0644 e. The van der Waals surface area contributed by atoms with Gasteiger partial charge in [0.25, 0.3) is 0 Å². The van der Waals surface area contributed by atoms with Crippen molar-refractivity contribution in [1.29, 1.82) is 0 Å². The molecule has 0 saturated carbocycles. The van der Waals surface area contributed by atoms with E-state index in [1.54, 1.807) is 0 Å². The van der Waals surface area contributed by atoms with Crippen LogP contribution < -0.4 is 5.32 Å². The van der Waals surface area contributed by atoms with Crippen molar-refractivity contribution < 1.29 is 0 Å². The highest BCUT2D eigenvalue weighted by Gasteiger charge is 2.37. The maximum absolute atomic E-state index is 4.54. The van der Waals surface area contributed by atoms with E-state index in [9.17, 15) is 0 Å². The number of hydrogen-bond acceptors (Lipinski definition) is 3. The first-order valence-electron chi connectivity index (χ1n) is 7.58. The van der Waals surface area contributed by atoms with E-state index in [-0.39, 0.29) is 0 Å². The molecule has 2 fully saturated rings. The van der Waals surface area contributed by atoms with Gasteiger partial charge < -0.3 is 5.32 Å². The highest BCUT2D eigenvalue weighted by Crippen LogP contribution is 2.30. The SMILES string of the molecule is Cc1nn(C)c(C)c1C(C)NC1CCN2CCCC12. The van der Waals surface area contributed by atoms with Crippen LogP contribution in [-0.4, -0.2) is 39.9 Å². The van der Waals surface area contributed by atoms with Crippen LogP contribution in [0.25, 0.3) is 0 Å². The Labute approximate surface area is 116 Å². The molecule has 3 atom stereocenters. The van der Waals surface area contributed by atoms with Crippen molar-refractivity contribution in [3.63, 3.8) is 0 Å². The minimum atomic E-state index is 0.402. The molecule has 0 aliphatic carbocycles. The normalized spacial score (nSPS) is 28.8. The number of nitrogens with one attached hydrogen (secondary N) is 1. The first-order chi connectivity index (χ1) is 9.08. The van der Waals surface area contributed by atoms with Crippen LogP contribution >= 0.6 is 0 Å². The maximum atomic E-state index is 4.54. The zero-order chi connectivity index (χ0) is 13.6. The third kappa shape index (κ3) is 2.21. The second kappa shape index (κ2) is 4.91. The maximum Gasteiger partial charge on any atom is 0.0644 e. The summed E-state index contributed by atoms with van der Waals surface area (Å²) in [5.74, 6) is 0.